The van der Waals surface area contributed by atoms with Crippen molar-refractivity contribution in [3.63, 3.8) is 0 Å². The second-order valence-corrected chi connectivity index (χ2v) is 6.64. The fourth-order valence-electron chi connectivity index (χ4n) is 3.93. The lowest BCUT2D eigenvalue weighted by Gasteiger charge is -2.39. The predicted molar refractivity (Wildman–Crippen MR) is 68.7 cm³/mol. The summed E-state index contributed by atoms with van der Waals surface area (Å²) in [4.78, 5) is 4.44. The van der Waals surface area contributed by atoms with Crippen LogP contribution >= 0.6 is 11.3 Å². The molecule has 0 saturated heterocycles. The van der Waals surface area contributed by atoms with Crippen molar-refractivity contribution in [1.82, 2.24) is 4.98 Å². The smallest absolute Gasteiger partial charge is 0.122 e. The molecule has 17 heavy (non-hydrogen) atoms. The highest BCUT2D eigenvalue weighted by atomic mass is 32.1. The monoisotopic (exact) mass is 252 g/mol. The molecule has 1 aromatic heterocycles. The molecule has 4 heteroatoms. The molecule has 3 N–H and O–H groups in total. The van der Waals surface area contributed by atoms with Crippen molar-refractivity contribution in [2.24, 2.45) is 23.0 Å². The Bertz CT molecular complexity index is 419. The van der Waals surface area contributed by atoms with Crippen LogP contribution in [0.15, 0.2) is 5.38 Å². The van der Waals surface area contributed by atoms with Gasteiger partial charge in [-0.3, -0.25) is 0 Å². The largest absolute Gasteiger partial charge is 0.385 e. The van der Waals surface area contributed by atoms with Gasteiger partial charge in [-0.1, -0.05) is 6.42 Å². The maximum absolute atomic E-state index is 10.7. The molecule has 4 unspecified atom stereocenters. The molecule has 0 aromatic carbocycles. The Kier molecular flexibility index (Phi) is 2.76. The Morgan fingerprint density at radius 2 is 2.47 bits per heavy atom. The SMILES string of the molecule is Cc1csc(C(O)C2(CN)CC3CCC2C3)n1. The van der Waals surface area contributed by atoms with Gasteiger partial charge < -0.3 is 10.8 Å². The van der Waals surface area contributed by atoms with E-state index in [1.54, 1.807) is 11.3 Å². The van der Waals surface area contributed by atoms with Gasteiger partial charge in [0, 0.05) is 23.0 Å². The minimum absolute atomic E-state index is 0.0901. The van der Waals surface area contributed by atoms with Gasteiger partial charge in [0.05, 0.1) is 0 Å². The number of nitrogens with zero attached hydrogens (tertiary/aromatic N) is 1. The maximum atomic E-state index is 10.7. The second kappa shape index (κ2) is 4.04. The van der Waals surface area contributed by atoms with E-state index in [0.717, 1.165) is 23.0 Å². The fourth-order valence-corrected chi connectivity index (χ4v) is 4.83. The zero-order valence-electron chi connectivity index (χ0n) is 10.2. The molecule has 2 bridgehead atoms. The summed E-state index contributed by atoms with van der Waals surface area (Å²) < 4.78 is 0. The second-order valence-electron chi connectivity index (χ2n) is 5.75. The lowest BCUT2D eigenvalue weighted by atomic mass is 9.69. The first-order chi connectivity index (χ1) is 8.15. The van der Waals surface area contributed by atoms with E-state index in [-0.39, 0.29) is 5.41 Å². The van der Waals surface area contributed by atoms with Crippen LogP contribution in [0.3, 0.4) is 0 Å². The molecule has 0 spiro atoms. The Balaban J connectivity index is 1.91. The van der Waals surface area contributed by atoms with Gasteiger partial charge in [0.1, 0.15) is 11.1 Å². The predicted octanol–water partition coefficient (Wildman–Crippen LogP) is 2.25. The van der Waals surface area contributed by atoms with Crippen LogP contribution in [0.1, 0.15) is 42.5 Å². The highest BCUT2D eigenvalue weighted by Crippen LogP contribution is 2.60. The van der Waals surface area contributed by atoms with Crippen LogP contribution in [0.4, 0.5) is 0 Å². The van der Waals surface area contributed by atoms with Crippen molar-refractivity contribution in [1.29, 1.82) is 0 Å². The molecule has 1 aromatic rings. The van der Waals surface area contributed by atoms with E-state index < -0.39 is 6.10 Å². The molecule has 3 nitrogen and oxygen atoms in total. The average Bonchev–Trinajstić information content (AvgIpc) is 3.02. The van der Waals surface area contributed by atoms with Gasteiger partial charge >= 0.3 is 0 Å². The van der Waals surface area contributed by atoms with E-state index in [0.29, 0.717) is 12.5 Å². The minimum atomic E-state index is -0.457. The highest BCUT2D eigenvalue weighted by Gasteiger charge is 2.54. The molecular weight excluding hydrogens is 232 g/mol. The number of hydrogen-bond donors (Lipinski definition) is 2. The van der Waals surface area contributed by atoms with Crippen molar-refractivity contribution in [2.45, 2.75) is 38.7 Å². The fraction of sp³-hybridized carbons (Fsp3) is 0.769. The Hall–Kier alpha value is -0.450. The number of hydrogen-bond acceptors (Lipinski definition) is 4. The average molecular weight is 252 g/mol. The molecular formula is C13H20N2OS. The van der Waals surface area contributed by atoms with Crippen LogP contribution in [-0.4, -0.2) is 16.6 Å². The van der Waals surface area contributed by atoms with E-state index >= 15 is 0 Å². The maximum Gasteiger partial charge on any atom is 0.122 e. The van der Waals surface area contributed by atoms with Crippen LogP contribution in [0.25, 0.3) is 0 Å². The molecule has 0 aliphatic heterocycles. The molecule has 2 aliphatic carbocycles. The third-order valence-corrected chi connectivity index (χ3v) is 5.83. The molecule has 2 aliphatic rings. The zero-order valence-corrected chi connectivity index (χ0v) is 11.0. The third kappa shape index (κ3) is 1.65. The topological polar surface area (TPSA) is 59.1 Å². The molecule has 94 valence electrons. The number of fused-ring (bicyclic) bond motifs is 2. The number of nitrogens with two attached hydrogens (primary N) is 1. The van der Waals surface area contributed by atoms with E-state index in [1.165, 1.54) is 19.3 Å². The van der Waals surface area contributed by atoms with Gasteiger partial charge in [-0.05, 0) is 38.0 Å². The summed E-state index contributed by atoms with van der Waals surface area (Å²) in [5.41, 5.74) is 6.93. The summed E-state index contributed by atoms with van der Waals surface area (Å²) in [7, 11) is 0. The number of rotatable bonds is 3. The van der Waals surface area contributed by atoms with Crippen molar-refractivity contribution < 1.29 is 5.11 Å². The third-order valence-electron chi connectivity index (χ3n) is 4.82. The highest BCUT2D eigenvalue weighted by molar-refractivity contribution is 7.09. The lowest BCUT2D eigenvalue weighted by Crippen LogP contribution is -2.41. The van der Waals surface area contributed by atoms with Crippen molar-refractivity contribution >= 4 is 11.3 Å². The van der Waals surface area contributed by atoms with E-state index in [1.807, 2.05) is 12.3 Å². The minimum Gasteiger partial charge on any atom is -0.385 e. The number of aryl methyl sites for hydroxylation is 1. The first kappa shape index (κ1) is 11.6. The molecule has 0 amide bonds. The van der Waals surface area contributed by atoms with Crippen LogP contribution in [0, 0.1) is 24.2 Å². The summed E-state index contributed by atoms with van der Waals surface area (Å²) in [5.74, 6) is 1.40. The lowest BCUT2D eigenvalue weighted by molar-refractivity contribution is -0.0132. The first-order valence-corrected chi connectivity index (χ1v) is 7.34. The van der Waals surface area contributed by atoms with E-state index in [9.17, 15) is 5.11 Å². The van der Waals surface area contributed by atoms with Gasteiger partial charge in [-0.2, -0.15) is 0 Å². The number of aliphatic hydroxyl groups is 1. The van der Waals surface area contributed by atoms with Crippen LogP contribution < -0.4 is 5.73 Å². The molecule has 0 radical (unpaired) electrons. The first-order valence-electron chi connectivity index (χ1n) is 6.46. The summed E-state index contributed by atoms with van der Waals surface area (Å²) >= 11 is 1.57. The number of thiazole rings is 1. The van der Waals surface area contributed by atoms with Crippen LogP contribution in [-0.2, 0) is 0 Å². The van der Waals surface area contributed by atoms with Gasteiger partial charge in [0.15, 0.2) is 0 Å². The zero-order chi connectivity index (χ0) is 12.0. The van der Waals surface area contributed by atoms with Gasteiger partial charge in [-0.25, -0.2) is 4.98 Å². The van der Waals surface area contributed by atoms with Crippen molar-refractivity contribution in [3.05, 3.63) is 16.1 Å². The molecule has 3 rings (SSSR count). The van der Waals surface area contributed by atoms with Crippen LogP contribution in [0.2, 0.25) is 0 Å². The Labute approximate surface area is 106 Å². The van der Waals surface area contributed by atoms with Crippen LogP contribution in [0.5, 0.6) is 0 Å². The quantitative estimate of drug-likeness (QED) is 0.867. The standard InChI is InChI=1S/C13H20N2OS/c1-8-6-17-12(15-8)11(16)13(7-14)5-9-2-3-10(13)4-9/h6,9-11,16H,2-5,7,14H2,1H3. The van der Waals surface area contributed by atoms with E-state index in [4.69, 9.17) is 5.73 Å². The molecule has 4 atom stereocenters. The summed E-state index contributed by atoms with van der Waals surface area (Å²) in [6, 6.07) is 0. The molecule has 2 fully saturated rings. The Morgan fingerprint density at radius 3 is 2.94 bits per heavy atom. The van der Waals surface area contributed by atoms with Crippen molar-refractivity contribution in [3.8, 4) is 0 Å². The van der Waals surface area contributed by atoms with Gasteiger partial charge in [0.25, 0.3) is 0 Å². The Morgan fingerprint density at radius 1 is 1.65 bits per heavy atom. The normalized spacial score (nSPS) is 37.6. The van der Waals surface area contributed by atoms with Crippen molar-refractivity contribution in [2.75, 3.05) is 6.54 Å². The molecule has 2 saturated carbocycles. The summed E-state index contributed by atoms with van der Waals surface area (Å²) in [6.07, 6.45) is 4.47. The summed E-state index contributed by atoms with van der Waals surface area (Å²) in [5, 5.41) is 13.5. The van der Waals surface area contributed by atoms with Gasteiger partial charge in [-0.15, -0.1) is 11.3 Å². The van der Waals surface area contributed by atoms with Gasteiger partial charge in [0.2, 0.25) is 0 Å². The number of aliphatic hydroxyl groups excluding tert-OH is 1. The van der Waals surface area contributed by atoms with E-state index in [2.05, 4.69) is 4.98 Å². The summed E-state index contributed by atoms with van der Waals surface area (Å²) in [6.45, 7) is 2.57. The number of aromatic nitrogens is 1. The molecule has 1 heterocycles.